The summed E-state index contributed by atoms with van der Waals surface area (Å²) in [4.78, 5) is 17.9. The number of thiazole rings is 1. The van der Waals surface area contributed by atoms with Gasteiger partial charge in [-0.3, -0.25) is 10.1 Å². The highest BCUT2D eigenvalue weighted by Gasteiger charge is 2.12. The van der Waals surface area contributed by atoms with Gasteiger partial charge >= 0.3 is 0 Å². The second-order valence-corrected chi connectivity index (χ2v) is 8.22. The van der Waals surface area contributed by atoms with E-state index in [0.29, 0.717) is 10.9 Å². The number of rotatable bonds is 6. The summed E-state index contributed by atoms with van der Waals surface area (Å²) in [5.74, 6) is 0.423. The van der Waals surface area contributed by atoms with Crippen molar-refractivity contribution in [2.75, 3.05) is 11.9 Å². The number of ether oxygens (including phenoxy) is 1. The van der Waals surface area contributed by atoms with Crippen LogP contribution in [0.25, 0.3) is 22.4 Å². The molecule has 0 aliphatic rings. The van der Waals surface area contributed by atoms with E-state index in [1.54, 1.807) is 0 Å². The lowest BCUT2D eigenvalue weighted by Gasteiger charge is -2.07. The Labute approximate surface area is 180 Å². The number of carbonyl (C=O) groups excluding carboxylic acids is 1. The standard InChI is InChI=1S/C25H22N2O2S/c1-17-8-10-19(11-9-17)20-12-14-22(15-13-20)29-16-23(28)26-25-27-24(18(2)30-25)21-6-4-3-5-7-21/h3-15H,16H2,1-2H3,(H,26,27,28). The minimum atomic E-state index is -0.231. The van der Waals surface area contributed by atoms with Crippen molar-refractivity contribution in [3.8, 4) is 28.1 Å². The highest BCUT2D eigenvalue weighted by atomic mass is 32.1. The smallest absolute Gasteiger partial charge is 0.264 e. The van der Waals surface area contributed by atoms with Gasteiger partial charge in [0.25, 0.3) is 5.91 Å². The lowest BCUT2D eigenvalue weighted by Crippen LogP contribution is -2.20. The van der Waals surface area contributed by atoms with Gasteiger partial charge in [-0.25, -0.2) is 4.98 Å². The molecule has 150 valence electrons. The molecule has 3 aromatic carbocycles. The maximum absolute atomic E-state index is 12.3. The summed E-state index contributed by atoms with van der Waals surface area (Å²) in [6, 6.07) is 26.1. The predicted octanol–water partition coefficient (Wildman–Crippen LogP) is 6.11. The molecule has 1 aromatic heterocycles. The lowest BCUT2D eigenvalue weighted by atomic mass is 10.0. The van der Waals surface area contributed by atoms with Gasteiger partial charge in [0.05, 0.1) is 5.69 Å². The highest BCUT2D eigenvalue weighted by Crippen LogP contribution is 2.30. The van der Waals surface area contributed by atoms with Crippen molar-refractivity contribution in [2.24, 2.45) is 0 Å². The number of aromatic nitrogens is 1. The van der Waals surface area contributed by atoms with Gasteiger partial charge in [0, 0.05) is 10.4 Å². The molecule has 0 saturated heterocycles. The first kappa shape index (κ1) is 19.9. The van der Waals surface area contributed by atoms with Crippen molar-refractivity contribution < 1.29 is 9.53 Å². The van der Waals surface area contributed by atoms with E-state index in [1.165, 1.54) is 16.9 Å². The topological polar surface area (TPSA) is 51.2 Å². The van der Waals surface area contributed by atoms with Crippen LogP contribution in [0.2, 0.25) is 0 Å². The number of carbonyl (C=O) groups is 1. The summed E-state index contributed by atoms with van der Waals surface area (Å²) in [5, 5.41) is 3.41. The minimum Gasteiger partial charge on any atom is -0.484 e. The van der Waals surface area contributed by atoms with E-state index in [0.717, 1.165) is 27.3 Å². The number of anilines is 1. The van der Waals surface area contributed by atoms with Crippen molar-refractivity contribution in [2.45, 2.75) is 13.8 Å². The Morgan fingerprint density at radius 2 is 1.50 bits per heavy atom. The van der Waals surface area contributed by atoms with Crippen LogP contribution in [0.1, 0.15) is 10.4 Å². The van der Waals surface area contributed by atoms with Gasteiger partial charge in [-0.1, -0.05) is 72.3 Å². The molecule has 0 unspecified atom stereocenters. The molecular formula is C25H22N2O2S. The van der Waals surface area contributed by atoms with E-state index in [-0.39, 0.29) is 12.5 Å². The first-order chi connectivity index (χ1) is 14.6. The summed E-state index contributed by atoms with van der Waals surface area (Å²) < 4.78 is 5.64. The molecule has 0 aliphatic heterocycles. The van der Waals surface area contributed by atoms with Gasteiger partial charge in [-0.2, -0.15) is 0 Å². The third-order valence-electron chi connectivity index (χ3n) is 4.70. The zero-order chi connectivity index (χ0) is 20.9. The molecule has 4 aromatic rings. The number of nitrogens with one attached hydrogen (secondary N) is 1. The number of amides is 1. The van der Waals surface area contributed by atoms with E-state index >= 15 is 0 Å². The first-order valence-corrected chi connectivity index (χ1v) is 10.5. The zero-order valence-corrected chi connectivity index (χ0v) is 17.7. The van der Waals surface area contributed by atoms with E-state index < -0.39 is 0 Å². The Balaban J connectivity index is 1.34. The third-order valence-corrected chi connectivity index (χ3v) is 5.59. The van der Waals surface area contributed by atoms with Crippen LogP contribution in [-0.2, 0) is 4.79 Å². The van der Waals surface area contributed by atoms with E-state index in [1.807, 2.05) is 61.5 Å². The number of aryl methyl sites for hydroxylation is 2. The Morgan fingerprint density at radius 1 is 0.867 bits per heavy atom. The fourth-order valence-corrected chi connectivity index (χ4v) is 3.96. The van der Waals surface area contributed by atoms with Crippen molar-refractivity contribution in [1.29, 1.82) is 0 Å². The van der Waals surface area contributed by atoms with Crippen molar-refractivity contribution in [3.05, 3.63) is 89.3 Å². The lowest BCUT2D eigenvalue weighted by molar-refractivity contribution is -0.118. The van der Waals surface area contributed by atoms with Crippen LogP contribution >= 0.6 is 11.3 Å². The number of hydrogen-bond donors (Lipinski definition) is 1. The fourth-order valence-electron chi connectivity index (χ4n) is 3.11. The monoisotopic (exact) mass is 414 g/mol. The molecule has 0 atom stereocenters. The molecule has 30 heavy (non-hydrogen) atoms. The van der Waals surface area contributed by atoms with Gasteiger partial charge in [0.15, 0.2) is 11.7 Å². The second kappa shape index (κ2) is 8.93. The largest absolute Gasteiger partial charge is 0.484 e. The van der Waals surface area contributed by atoms with Crippen molar-refractivity contribution in [1.82, 2.24) is 4.98 Å². The summed E-state index contributed by atoms with van der Waals surface area (Å²) in [7, 11) is 0. The van der Waals surface area contributed by atoms with Gasteiger partial charge in [0.2, 0.25) is 0 Å². The highest BCUT2D eigenvalue weighted by molar-refractivity contribution is 7.16. The fraction of sp³-hybridized carbons (Fsp3) is 0.120. The molecule has 4 rings (SSSR count). The molecule has 1 heterocycles. The average Bonchev–Trinajstić information content (AvgIpc) is 3.14. The molecule has 4 nitrogen and oxygen atoms in total. The van der Waals surface area contributed by atoms with Crippen molar-refractivity contribution >= 4 is 22.4 Å². The maximum Gasteiger partial charge on any atom is 0.264 e. The van der Waals surface area contributed by atoms with Crippen LogP contribution in [0.15, 0.2) is 78.9 Å². The number of nitrogens with zero attached hydrogens (tertiary/aromatic N) is 1. The molecule has 1 amide bonds. The Bertz CT molecular complexity index is 1130. The second-order valence-electron chi connectivity index (χ2n) is 7.02. The van der Waals surface area contributed by atoms with Gasteiger partial charge in [-0.15, -0.1) is 11.3 Å². The van der Waals surface area contributed by atoms with Crippen LogP contribution in [0.3, 0.4) is 0 Å². The maximum atomic E-state index is 12.3. The molecule has 1 N–H and O–H groups in total. The zero-order valence-electron chi connectivity index (χ0n) is 16.9. The molecule has 0 radical (unpaired) electrons. The van der Waals surface area contributed by atoms with Crippen LogP contribution in [0.4, 0.5) is 5.13 Å². The predicted molar refractivity (Wildman–Crippen MR) is 123 cm³/mol. The van der Waals surface area contributed by atoms with Crippen LogP contribution in [0.5, 0.6) is 5.75 Å². The molecule has 0 bridgehead atoms. The Hall–Kier alpha value is -3.44. The summed E-state index contributed by atoms with van der Waals surface area (Å²) in [6.45, 7) is 4.01. The van der Waals surface area contributed by atoms with Crippen LogP contribution in [0, 0.1) is 13.8 Å². The molecule has 0 spiro atoms. The Morgan fingerprint density at radius 3 is 2.17 bits per heavy atom. The molecule has 0 saturated carbocycles. The summed E-state index contributed by atoms with van der Waals surface area (Å²) in [5.41, 5.74) is 5.42. The molecular weight excluding hydrogens is 392 g/mol. The quantitative estimate of drug-likeness (QED) is 0.414. The van der Waals surface area contributed by atoms with Gasteiger partial charge < -0.3 is 4.74 Å². The van der Waals surface area contributed by atoms with Gasteiger partial charge in [-0.05, 0) is 37.1 Å². The van der Waals surface area contributed by atoms with E-state index in [4.69, 9.17) is 4.74 Å². The summed E-state index contributed by atoms with van der Waals surface area (Å²) in [6.07, 6.45) is 0. The number of benzene rings is 3. The van der Waals surface area contributed by atoms with E-state index in [9.17, 15) is 4.79 Å². The molecule has 0 aliphatic carbocycles. The average molecular weight is 415 g/mol. The minimum absolute atomic E-state index is 0.0663. The van der Waals surface area contributed by atoms with Gasteiger partial charge in [0.1, 0.15) is 5.75 Å². The first-order valence-electron chi connectivity index (χ1n) is 9.71. The molecule has 0 fully saturated rings. The van der Waals surface area contributed by atoms with E-state index in [2.05, 4.69) is 41.5 Å². The number of hydrogen-bond acceptors (Lipinski definition) is 4. The van der Waals surface area contributed by atoms with Crippen LogP contribution in [-0.4, -0.2) is 17.5 Å². The van der Waals surface area contributed by atoms with Crippen molar-refractivity contribution in [3.63, 3.8) is 0 Å². The SMILES string of the molecule is Cc1ccc(-c2ccc(OCC(=O)Nc3nc(-c4ccccc4)c(C)s3)cc2)cc1. The molecule has 5 heteroatoms. The Kier molecular flexibility index (Phi) is 5.91. The van der Waals surface area contributed by atoms with Crippen LogP contribution < -0.4 is 10.1 Å². The summed E-state index contributed by atoms with van der Waals surface area (Å²) >= 11 is 1.46. The third kappa shape index (κ3) is 4.75. The normalized spacial score (nSPS) is 10.6.